The summed E-state index contributed by atoms with van der Waals surface area (Å²) in [6.07, 6.45) is 0. The summed E-state index contributed by atoms with van der Waals surface area (Å²) in [5.41, 5.74) is 4.22. The van der Waals surface area contributed by atoms with Gasteiger partial charge in [0.25, 0.3) is 0 Å². The molecule has 24 heavy (non-hydrogen) atoms. The molecule has 4 heteroatoms. The molecule has 0 bridgehead atoms. The Morgan fingerprint density at radius 2 is 1.50 bits per heavy atom. The monoisotopic (exact) mass is 313 g/mol. The van der Waals surface area contributed by atoms with Gasteiger partial charge in [-0.2, -0.15) is 0 Å². The zero-order valence-electron chi connectivity index (χ0n) is 13.4. The fourth-order valence-electron chi connectivity index (χ4n) is 2.74. The molecule has 0 unspecified atom stereocenters. The summed E-state index contributed by atoms with van der Waals surface area (Å²) in [6, 6.07) is 28.5. The number of nitrogens with zero attached hydrogens (tertiary/aromatic N) is 4. The highest BCUT2D eigenvalue weighted by molar-refractivity contribution is 5.51. The molecule has 4 rings (SSSR count). The quantitative estimate of drug-likeness (QED) is 0.542. The average Bonchev–Trinajstić information content (AvgIpc) is 3.08. The van der Waals surface area contributed by atoms with Gasteiger partial charge in [-0.15, -0.1) is 4.68 Å². The number of tetrazole rings is 1. The fourth-order valence-corrected chi connectivity index (χ4v) is 2.74. The van der Waals surface area contributed by atoms with E-state index in [0.29, 0.717) is 0 Å². The Hall–Kier alpha value is -3.27. The maximum Gasteiger partial charge on any atom is 0.337 e. The van der Waals surface area contributed by atoms with Gasteiger partial charge < -0.3 is 0 Å². The van der Waals surface area contributed by atoms with Gasteiger partial charge in [0.05, 0.1) is 5.56 Å². The highest BCUT2D eigenvalue weighted by atomic mass is 15.6. The Bertz CT molecular complexity index is 902. The summed E-state index contributed by atoms with van der Waals surface area (Å²) >= 11 is 0. The predicted molar refractivity (Wildman–Crippen MR) is 93.1 cm³/mol. The molecule has 0 spiro atoms. The maximum atomic E-state index is 4.44. The number of para-hydroxylation sites is 1. The lowest BCUT2D eigenvalue weighted by Crippen LogP contribution is -2.42. The maximum absolute atomic E-state index is 4.44. The van der Waals surface area contributed by atoms with Crippen LogP contribution in [-0.2, 0) is 0 Å². The van der Waals surface area contributed by atoms with Crippen LogP contribution in [0.4, 0.5) is 0 Å². The second-order valence-electron chi connectivity index (χ2n) is 5.65. The van der Waals surface area contributed by atoms with Crippen LogP contribution in [-0.4, -0.2) is 15.1 Å². The summed E-state index contributed by atoms with van der Waals surface area (Å²) in [4.78, 5) is 1.83. The van der Waals surface area contributed by atoms with Crippen LogP contribution >= 0.6 is 0 Å². The number of aryl methyl sites for hydroxylation is 1. The number of hydrogen-bond donors (Lipinski definition) is 0. The van der Waals surface area contributed by atoms with Crippen LogP contribution in [0.25, 0.3) is 22.8 Å². The van der Waals surface area contributed by atoms with E-state index in [-0.39, 0.29) is 0 Å². The molecule has 0 aliphatic rings. The second-order valence-corrected chi connectivity index (χ2v) is 5.65. The lowest BCUT2D eigenvalue weighted by atomic mass is 10.2. The number of rotatable bonds is 3. The first-order chi connectivity index (χ1) is 11.8. The predicted octanol–water partition coefficient (Wildman–Crippen LogP) is 3.52. The highest BCUT2D eigenvalue weighted by Gasteiger charge is 2.24. The van der Waals surface area contributed by atoms with Gasteiger partial charge in [-0.3, -0.25) is 0 Å². The van der Waals surface area contributed by atoms with E-state index >= 15 is 0 Å². The van der Waals surface area contributed by atoms with E-state index in [9.17, 15) is 0 Å². The van der Waals surface area contributed by atoms with Gasteiger partial charge in [-0.05, 0) is 53.7 Å². The van der Waals surface area contributed by atoms with E-state index in [4.69, 9.17) is 0 Å². The van der Waals surface area contributed by atoms with Crippen molar-refractivity contribution in [2.45, 2.75) is 6.92 Å². The minimum absolute atomic E-state index is 0.810. The van der Waals surface area contributed by atoms with Gasteiger partial charge in [0, 0.05) is 0 Å². The van der Waals surface area contributed by atoms with Crippen LogP contribution in [0.5, 0.6) is 0 Å². The summed E-state index contributed by atoms with van der Waals surface area (Å²) in [6.45, 7) is 2.09. The standard InChI is InChI=1S/C20H17N4/c1-16-9-8-14-19(15-16)23-20(17-10-4-2-5-11-17)21-22-24(23)18-12-6-3-7-13-18/h2-15H,1H3/q+1. The minimum atomic E-state index is 0.810. The third-order valence-electron chi connectivity index (χ3n) is 3.88. The van der Waals surface area contributed by atoms with Crippen molar-refractivity contribution in [3.8, 4) is 22.8 Å². The van der Waals surface area contributed by atoms with Crippen molar-refractivity contribution in [3.05, 3.63) is 90.5 Å². The molecule has 0 fully saturated rings. The van der Waals surface area contributed by atoms with Crippen LogP contribution in [0.1, 0.15) is 5.56 Å². The van der Waals surface area contributed by atoms with Crippen LogP contribution in [0.15, 0.2) is 84.9 Å². The fraction of sp³-hybridized carbons (Fsp3) is 0.0500. The molecule has 0 N–H and O–H groups in total. The minimum Gasteiger partial charge on any atom is -0.115 e. The molecule has 0 amide bonds. The zero-order chi connectivity index (χ0) is 16.4. The number of aromatic nitrogens is 4. The third-order valence-corrected chi connectivity index (χ3v) is 3.88. The molecule has 0 aliphatic heterocycles. The molecular formula is C20H17N4+. The Morgan fingerprint density at radius 3 is 2.21 bits per heavy atom. The van der Waals surface area contributed by atoms with Crippen molar-refractivity contribution in [1.29, 1.82) is 0 Å². The first-order valence-electron chi connectivity index (χ1n) is 7.89. The van der Waals surface area contributed by atoms with Gasteiger partial charge in [-0.1, -0.05) is 48.5 Å². The highest BCUT2D eigenvalue weighted by Crippen LogP contribution is 2.16. The summed E-state index contributed by atoms with van der Waals surface area (Å²) < 4.78 is 2.04. The first-order valence-corrected chi connectivity index (χ1v) is 7.89. The average molecular weight is 313 g/mol. The van der Waals surface area contributed by atoms with E-state index in [0.717, 1.165) is 22.8 Å². The summed E-state index contributed by atoms with van der Waals surface area (Å²) in [7, 11) is 0. The lowest BCUT2D eigenvalue weighted by molar-refractivity contribution is -0.669. The Labute approximate surface area is 140 Å². The summed E-state index contributed by atoms with van der Waals surface area (Å²) in [5, 5.41) is 8.84. The van der Waals surface area contributed by atoms with E-state index in [1.165, 1.54) is 5.56 Å². The van der Waals surface area contributed by atoms with Crippen molar-refractivity contribution in [3.63, 3.8) is 0 Å². The molecule has 0 saturated heterocycles. The molecule has 0 saturated carbocycles. The number of benzene rings is 3. The molecule has 3 aromatic carbocycles. The van der Waals surface area contributed by atoms with Crippen LogP contribution < -0.4 is 4.68 Å². The normalized spacial score (nSPS) is 10.7. The van der Waals surface area contributed by atoms with Gasteiger partial charge in [-0.25, -0.2) is 0 Å². The van der Waals surface area contributed by atoms with E-state index in [1.54, 1.807) is 0 Å². The third kappa shape index (κ3) is 2.58. The Morgan fingerprint density at radius 1 is 0.792 bits per heavy atom. The molecule has 0 atom stereocenters. The van der Waals surface area contributed by atoms with Gasteiger partial charge in [0.15, 0.2) is 5.21 Å². The molecule has 1 heterocycles. The van der Waals surface area contributed by atoms with Crippen LogP contribution in [0, 0.1) is 6.92 Å². The molecule has 0 radical (unpaired) electrons. The number of hydrogen-bond acceptors (Lipinski definition) is 2. The van der Waals surface area contributed by atoms with Gasteiger partial charge >= 0.3 is 5.82 Å². The Balaban J connectivity index is 1.98. The molecule has 4 aromatic rings. The van der Waals surface area contributed by atoms with Gasteiger partial charge in [0.1, 0.15) is 16.5 Å². The molecule has 4 nitrogen and oxygen atoms in total. The second kappa shape index (κ2) is 6.08. The van der Waals surface area contributed by atoms with Crippen molar-refractivity contribution in [2.75, 3.05) is 0 Å². The van der Waals surface area contributed by atoms with Crippen molar-refractivity contribution in [1.82, 2.24) is 15.1 Å². The van der Waals surface area contributed by atoms with Crippen molar-refractivity contribution in [2.24, 2.45) is 0 Å². The Kier molecular flexibility index (Phi) is 3.63. The van der Waals surface area contributed by atoms with E-state index in [2.05, 4.69) is 41.5 Å². The zero-order valence-corrected chi connectivity index (χ0v) is 13.4. The van der Waals surface area contributed by atoms with Crippen molar-refractivity contribution < 1.29 is 4.68 Å². The smallest absolute Gasteiger partial charge is 0.115 e. The first kappa shape index (κ1) is 14.3. The SMILES string of the molecule is Cc1cccc(-[n+]2c(-c3ccccc3)nnn2-c2ccccc2)c1. The molecular weight excluding hydrogens is 296 g/mol. The van der Waals surface area contributed by atoms with Crippen molar-refractivity contribution >= 4 is 0 Å². The van der Waals surface area contributed by atoms with Crippen LogP contribution in [0.3, 0.4) is 0 Å². The van der Waals surface area contributed by atoms with Gasteiger partial charge in [0.2, 0.25) is 0 Å². The topological polar surface area (TPSA) is 34.6 Å². The molecule has 116 valence electrons. The molecule has 0 aliphatic carbocycles. The molecule has 1 aromatic heterocycles. The van der Waals surface area contributed by atoms with Crippen LogP contribution in [0.2, 0.25) is 0 Å². The van der Waals surface area contributed by atoms with E-state index < -0.39 is 0 Å². The lowest BCUT2D eigenvalue weighted by Gasteiger charge is -2.06. The summed E-state index contributed by atoms with van der Waals surface area (Å²) in [5.74, 6) is 0.810. The largest absolute Gasteiger partial charge is 0.337 e. The van der Waals surface area contributed by atoms with E-state index in [1.807, 2.05) is 70.1 Å².